The normalized spacial score (nSPS) is 22.6. The lowest BCUT2D eigenvalue weighted by Gasteiger charge is -2.54. The van der Waals surface area contributed by atoms with Crippen molar-refractivity contribution in [3.05, 3.63) is 11.6 Å². The number of aryl methyl sites for hydroxylation is 1. The van der Waals surface area contributed by atoms with Crippen molar-refractivity contribution < 1.29 is 9.47 Å². The van der Waals surface area contributed by atoms with Crippen molar-refractivity contribution in [2.75, 3.05) is 26.4 Å². The molecule has 1 spiro atoms. The quantitative estimate of drug-likeness (QED) is 0.208. The molecule has 1 aromatic rings. The van der Waals surface area contributed by atoms with E-state index in [-0.39, 0.29) is 29.4 Å². The lowest BCUT2D eigenvalue weighted by molar-refractivity contribution is -0.125. The summed E-state index contributed by atoms with van der Waals surface area (Å²) in [5.74, 6) is 2.63. The number of ether oxygens (including phenoxy) is 2. The van der Waals surface area contributed by atoms with Crippen molar-refractivity contribution in [3.8, 4) is 0 Å². The van der Waals surface area contributed by atoms with E-state index in [1.165, 1.54) is 25.7 Å². The predicted molar refractivity (Wildman–Crippen MR) is 129 cm³/mol. The van der Waals surface area contributed by atoms with Gasteiger partial charge in [-0.1, -0.05) is 12.8 Å². The van der Waals surface area contributed by atoms with Crippen LogP contribution in [0.3, 0.4) is 0 Å². The van der Waals surface area contributed by atoms with E-state index in [2.05, 4.69) is 27.8 Å². The molecule has 0 aromatic carbocycles. The van der Waals surface area contributed by atoms with Gasteiger partial charge in [0.1, 0.15) is 12.4 Å². The Morgan fingerprint density at radius 1 is 1.23 bits per heavy atom. The Morgan fingerprint density at radius 2 is 2.00 bits per heavy atom. The molecule has 0 saturated heterocycles. The van der Waals surface area contributed by atoms with Crippen LogP contribution in [0, 0.1) is 12.3 Å². The van der Waals surface area contributed by atoms with Gasteiger partial charge in [0.25, 0.3) is 0 Å². The molecule has 2 atom stereocenters. The van der Waals surface area contributed by atoms with E-state index in [0.717, 1.165) is 56.8 Å². The molecule has 2 N–H and O–H groups in total. The van der Waals surface area contributed by atoms with Gasteiger partial charge in [0.15, 0.2) is 11.8 Å². The fraction of sp³-hybridized carbons (Fsp3) is 0.857. The van der Waals surface area contributed by atoms with Crippen molar-refractivity contribution in [1.29, 1.82) is 0 Å². The van der Waals surface area contributed by atoms with E-state index in [1.807, 2.05) is 25.5 Å². The molecule has 2 aliphatic carbocycles. The molecule has 1 heterocycles. The maximum Gasteiger partial charge on any atom is 0.191 e. The summed E-state index contributed by atoms with van der Waals surface area (Å²) in [6.45, 7) is 9.73. The Hall–Kier alpha value is -0.940. The third kappa shape index (κ3) is 5.85. The second-order valence-electron chi connectivity index (χ2n) is 8.18. The standard InChI is InChI=1S/C21H38N6O2.HI/c1-5-28-13-9-12-22-20(23-15-19-26-25-16(3)27(19)4)24-17-14-18(29-6-2)21(17)10-7-8-11-21;/h17-18H,5-15H2,1-4H3,(H2,22,23,24);1H. The van der Waals surface area contributed by atoms with E-state index < -0.39 is 0 Å². The molecular weight excluding hydrogens is 495 g/mol. The highest BCUT2D eigenvalue weighted by atomic mass is 127. The summed E-state index contributed by atoms with van der Waals surface area (Å²) in [5.41, 5.74) is 0.269. The highest BCUT2D eigenvalue weighted by Gasteiger charge is 2.56. The number of hydrogen-bond donors (Lipinski definition) is 2. The van der Waals surface area contributed by atoms with E-state index in [9.17, 15) is 0 Å². The second kappa shape index (κ2) is 12.2. The van der Waals surface area contributed by atoms with Crippen molar-refractivity contribution >= 4 is 29.9 Å². The summed E-state index contributed by atoms with van der Waals surface area (Å²) >= 11 is 0. The molecule has 0 bridgehead atoms. The van der Waals surface area contributed by atoms with Gasteiger partial charge in [0.2, 0.25) is 0 Å². The summed E-state index contributed by atoms with van der Waals surface area (Å²) in [6, 6.07) is 0.418. The van der Waals surface area contributed by atoms with Crippen molar-refractivity contribution in [1.82, 2.24) is 25.4 Å². The largest absolute Gasteiger partial charge is 0.382 e. The first-order valence-corrected chi connectivity index (χ1v) is 11.2. The van der Waals surface area contributed by atoms with Crippen LogP contribution < -0.4 is 10.6 Å². The maximum absolute atomic E-state index is 6.06. The predicted octanol–water partition coefficient (Wildman–Crippen LogP) is 2.94. The summed E-state index contributed by atoms with van der Waals surface area (Å²) < 4.78 is 13.5. The van der Waals surface area contributed by atoms with E-state index in [4.69, 9.17) is 14.5 Å². The lowest BCUT2D eigenvalue weighted by Crippen LogP contribution is -2.65. The van der Waals surface area contributed by atoms with E-state index in [0.29, 0.717) is 18.7 Å². The van der Waals surface area contributed by atoms with Crippen LogP contribution in [-0.2, 0) is 23.1 Å². The van der Waals surface area contributed by atoms with Gasteiger partial charge in [-0.15, -0.1) is 34.2 Å². The monoisotopic (exact) mass is 534 g/mol. The zero-order chi connectivity index (χ0) is 20.7. The molecule has 9 heteroatoms. The van der Waals surface area contributed by atoms with Crippen LogP contribution in [0.25, 0.3) is 0 Å². The number of aromatic nitrogens is 3. The average Bonchev–Trinajstić information content (AvgIpc) is 3.35. The number of guanidine groups is 1. The lowest BCUT2D eigenvalue weighted by atomic mass is 9.60. The molecule has 172 valence electrons. The van der Waals surface area contributed by atoms with Crippen molar-refractivity contribution in [3.63, 3.8) is 0 Å². The molecule has 30 heavy (non-hydrogen) atoms. The first kappa shape index (κ1) is 25.3. The number of halogens is 1. The Kier molecular flexibility index (Phi) is 10.3. The smallest absolute Gasteiger partial charge is 0.191 e. The molecule has 2 fully saturated rings. The van der Waals surface area contributed by atoms with Crippen LogP contribution in [0.1, 0.15) is 64.0 Å². The minimum atomic E-state index is 0. The molecule has 0 aliphatic heterocycles. The van der Waals surface area contributed by atoms with Crippen LogP contribution in [0.4, 0.5) is 0 Å². The minimum absolute atomic E-state index is 0. The zero-order valence-electron chi connectivity index (χ0n) is 18.9. The topological polar surface area (TPSA) is 85.6 Å². The van der Waals surface area contributed by atoms with Gasteiger partial charge in [-0.3, -0.25) is 0 Å². The van der Waals surface area contributed by atoms with Gasteiger partial charge in [-0.25, -0.2) is 4.99 Å². The van der Waals surface area contributed by atoms with Gasteiger partial charge in [-0.05, 0) is 46.5 Å². The highest BCUT2D eigenvalue weighted by molar-refractivity contribution is 14.0. The third-order valence-electron chi connectivity index (χ3n) is 6.52. The Bertz CT molecular complexity index is 674. The fourth-order valence-electron chi connectivity index (χ4n) is 4.67. The molecule has 0 amide bonds. The number of nitrogens with zero attached hydrogens (tertiary/aromatic N) is 4. The van der Waals surface area contributed by atoms with E-state index in [1.54, 1.807) is 0 Å². The molecule has 2 saturated carbocycles. The maximum atomic E-state index is 6.06. The number of hydrogen-bond acceptors (Lipinski definition) is 5. The Balaban J connectivity index is 0.00000320. The van der Waals surface area contributed by atoms with Gasteiger partial charge < -0.3 is 24.7 Å². The highest BCUT2D eigenvalue weighted by Crippen LogP contribution is 2.54. The Morgan fingerprint density at radius 3 is 2.63 bits per heavy atom. The number of aliphatic imine (C=N–C) groups is 1. The minimum Gasteiger partial charge on any atom is -0.382 e. The summed E-state index contributed by atoms with van der Waals surface area (Å²) in [6.07, 6.45) is 7.48. The molecule has 3 rings (SSSR count). The first-order chi connectivity index (χ1) is 14.1. The fourth-order valence-corrected chi connectivity index (χ4v) is 4.67. The van der Waals surface area contributed by atoms with Gasteiger partial charge in [0.05, 0.1) is 6.10 Å². The third-order valence-corrected chi connectivity index (χ3v) is 6.52. The molecular formula is C21H39IN6O2. The molecule has 2 aliphatic rings. The number of rotatable bonds is 10. The van der Waals surface area contributed by atoms with Gasteiger partial charge in [-0.2, -0.15) is 0 Å². The van der Waals surface area contributed by atoms with Crippen LogP contribution >= 0.6 is 24.0 Å². The zero-order valence-corrected chi connectivity index (χ0v) is 21.3. The average molecular weight is 534 g/mol. The van der Waals surface area contributed by atoms with E-state index >= 15 is 0 Å². The number of nitrogens with one attached hydrogen (secondary N) is 2. The van der Waals surface area contributed by atoms with Gasteiger partial charge >= 0.3 is 0 Å². The molecule has 2 unspecified atom stereocenters. The SMILES string of the molecule is CCOCCCNC(=NCc1nnc(C)n1C)NC1CC(OCC)C12CCCC2.I. The Labute approximate surface area is 198 Å². The van der Waals surface area contributed by atoms with Crippen LogP contribution in [0.15, 0.2) is 4.99 Å². The van der Waals surface area contributed by atoms with Crippen molar-refractivity contribution in [2.45, 2.75) is 78.0 Å². The second-order valence-corrected chi connectivity index (χ2v) is 8.18. The summed E-state index contributed by atoms with van der Waals surface area (Å²) in [5, 5.41) is 15.6. The summed E-state index contributed by atoms with van der Waals surface area (Å²) in [4.78, 5) is 4.82. The molecule has 0 radical (unpaired) electrons. The van der Waals surface area contributed by atoms with Crippen LogP contribution in [0.2, 0.25) is 0 Å². The van der Waals surface area contributed by atoms with Crippen molar-refractivity contribution in [2.24, 2.45) is 17.5 Å². The molecule has 1 aromatic heterocycles. The van der Waals surface area contributed by atoms with Gasteiger partial charge in [0, 0.05) is 44.9 Å². The van der Waals surface area contributed by atoms with Crippen LogP contribution in [0.5, 0.6) is 0 Å². The van der Waals surface area contributed by atoms with Crippen LogP contribution in [-0.4, -0.2) is 59.2 Å². The molecule has 8 nitrogen and oxygen atoms in total. The summed E-state index contributed by atoms with van der Waals surface area (Å²) in [7, 11) is 1.98. The first-order valence-electron chi connectivity index (χ1n) is 11.2.